The number of nitrogens with one attached hydrogen (secondary N) is 1. The van der Waals surface area contributed by atoms with Crippen LogP contribution in [-0.2, 0) is 0 Å². The lowest BCUT2D eigenvalue weighted by Gasteiger charge is -2.24. The summed E-state index contributed by atoms with van der Waals surface area (Å²) in [6, 6.07) is 1.52. The van der Waals surface area contributed by atoms with Gasteiger partial charge in [-0.2, -0.15) is 0 Å². The zero-order valence-corrected chi connectivity index (χ0v) is 10.9. The molecule has 2 atom stereocenters. The molecule has 1 aliphatic carbocycles. The lowest BCUT2D eigenvalue weighted by Crippen LogP contribution is -2.37. The van der Waals surface area contributed by atoms with E-state index in [2.05, 4.69) is 26.1 Å². The highest BCUT2D eigenvalue weighted by molar-refractivity contribution is 4.75. The van der Waals surface area contributed by atoms with Crippen molar-refractivity contribution in [3.63, 3.8) is 0 Å². The van der Waals surface area contributed by atoms with Crippen LogP contribution in [0.2, 0.25) is 0 Å². The van der Waals surface area contributed by atoms with Crippen LogP contribution in [0.15, 0.2) is 0 Å². The van der Waals surface area contributed by atoms with Crippen molar-refractivity contribution in [1.29, 1.82) is 0 Å². The lowest BCUT2D eigenvalue weighted by molar-refractivity contribution is 0.353. The first-order chi connectivity index (χ1) is 7.22. The van der Waals surface area contributed by atoms with Crippen molar-refractivity contribution in [2.45, 2.75) is 84.2 Å². The summed E-state index contributed by atoms with van der Waals surface area (Å²) < 4.78 is 0. The monoisotopic (exact) mass is 211 g/mol. The third-order valence-electron chi connectivity index (χ3n) is 3.83. The predicted molar refractivity (Wildman–Crippen MR) is 68.2 cm³/mol. The van der Waals surface area contributed by atoms with Gasteiger partial charge in [-0.1, -0.05) is 46.0 Å². The van der Waals surface area contributed by atoms with E-state index in [1.165, 1.54) is 51.4 Å². The molecule has 1 aliphatic rings. The Hall–Kier alpha value is -0.0400. The molecular formula is C14H29N. The fourth-order valence-corrected chi connectivity index (χ4v) is 2.69. The fraction of sp³-hybridized carbons (Fsp3) is 1.00. The van der Waals surface area contributed by atoms with Gasteiger partial charge in [0.15, 0.2) is 0 Å². The molecule has 1 rings (SSSR count). The second-order valence-electron chi connectivity index (χ2n) is 5.51. The van der Waals surface area contributed by atoms with Crippen molar-refractivity contribution < 1.29 is 0 Å². The Bertz CT molecular complexity index is 147. The van der Waals surface area contributed by atoms with Crippen LogP contribution in [0.1, 0.15) is 72.1 Å². The molecule has 0 amide bonds. The van der Waals surface area contributed by atoms with Crippen LogP contribution in [0.4, 0.5) is 0 Å². The van der Waals surface area contributed by atoms with Gasteiger partial charge in [-0.05, 0) is 32.1 Å². The number of rotatable bonds is 5. The van der Waals surface area contributed by atoms with E-state index in [0.717, 1.165) is 12.0 Å². The first kappa shape index (κ1) is 13.0. The predicted octanol–water partition coefficient (Wildman–Crippen LogP) is 4.12. The Morgan fingerprint density at radius 2 is 1.67 bits per heavy atom. The normalized spacial score (nSPS) is 23.4. The Kier molecular flexibility index (Phi) is 6.31. The second kappa shape index (κ2) is 7.27. The van der Waals surface area contributed by atoms with Crippen molar-refractivity contribution in [1.82, 2.24) is 5.32 Å². The second-order valence-corrected chi connectivity index (χ2v) is 5.51. The van der Waals surface area contributed by atoms with Gasteiger partial charge in [0.1, 0.15) is 0 Å². The average Bonchev–Trinajstić information content (AvgIpc) is 2.46. The highest BCUT2D eigenvalue weighted by Gasteiger charge is 2.15. The van der Waals surface area contributed by atoms with Crippen molar-refractivity contribution in [2.24, 2.45) is 5.92 Å². The van der Waals surface area contributed by atoms with Crippen LogP contribution in [0.5, 0.6) is 0 Å². The summed E-state index contributed by atoms with van der Waals surface area (Å²) in [5.74, 6) is 0.873. The van der Waals surface area contributed by atoms with Crippen molar-refractivity contribution >= 4 is 0 Å². The van der Waals surface area contributed by atoms with Gasteiger partial charge in [0.05, 0.1) is 0 Å². The fourth-order valence-electron chi connectivity index (χ4n) is 2.69. The van der Waals surface area contributed by atoms with E-state index in [1.807, 2.05) is 0 Å². The molecule has 0 aromatic carbocycles. The Labute approximate surface area is 96.0 Å². The summed E-state index contributed by atoms with van der Waals surface area (Å²) in [7, 11) is 0. The summed E-state index contributed by atoms with van der Waals surface area (Å²) in [5, 5.41) is 3.82. The van der Waals surface area contributed by atoms with Crippen molar-refractivity contribution in [2.75, 3.05) is 0 Å². The van der Waals surface area contributed by atoms with E-state index in [1.54, 1.807) is 0 Å². The third kappa shape index (κ3) is 5.55. The molecule has 1 N–H and O–H groups in total. The van der Waals surface area contributed by atoms with Gasteiger partial charge in [0.2, 0.25) is 0 Å². The molecule has 1 heteroatoms. The molecule has 1 nitrogen and oxygen atoms in total. The highest BCUT2D eigenvalue weighted by Crippen LogP contribution is 2.19. The quantitative estimate of drug-likeness (QED) is 0.674. The number of hydrogen-bond acceptors (Lipinski definition) is 1. The smallest absolute Gasteiger partial charge is 0.00695 e. The van der Waals surface area contributed by atoms with Crippen LogP contribution in [0.3, 0.4) is 0 Å². The van der Waals surface area contributed by atoms with Crippen molar-refractivity contribution in [3.05, 3.63) is 0 Å². The minimum Gasteiger partial charge on any atom is -0.311 e. The molecule has 90 valence electrons. The van der Waals surface area contributed by atoms with Crippen LogP contribution < -0.4 is 5.32 Å². The maximum absolute atomic E-state index is 3.82. The lowest BCUT2D eigenvalue weighted by atomic mass is 9.99. The molecule has 0 aliphatic heterocycles. The number of hydrogen-bond donors (Lipinski definition) is 1. The van der Waals surface area contributed by atoms with Gasteiger partial charge in [-0.25, -0.2) is 0 Å². The van der Waals surface area contributed by atoms with E-state index >= 15 is 0 Å². The SMILES string of the molecule is CCC(C)CC(C)NC1CCCCCC1. The molecule has 0 aromatic heterocycles. The molecule has 0 saturated heterocycles. The summed E-state index contributed by atoms with van der Waals surface area (Å²) in [6.45, 7) is 7.02. The first-order valence-corrected chi connectivity index (χ1v) is 6.98. The van der Waals surface area contributed by atoms with Crippen LogP contribution in [0.25, 0.3) is 0 Å². The Balaban J connectivity index is 2.20. The summed E-state index contributed by atoms with van der Waals surface area (Å²) >= 11 is 0. The van der Waals surface area contributed by atoms with Gasteiger partial charge in [-0.3, -0.25) is 0 Å². The minimum atomic E-state index is 0.711. The van der Waals surface area contributed by atoms with E-state index in [4.69, 9.17) is 0 Å². The van der Waals surface area contributed by atoms with E-state index in [-0.39, 0.29) is 0 Å². The molecule has 0 aromatic rings. The Morgan fingerprint density at radius 1 is 1.07 bits per heavy atom. The Morgan fingerprint density at radius 3 is 2.20 bits per heavy atom. The van der Waals surface area contributed by atoms with Gasteiger partial charge >= 0.3 is 0 Å². The molecular weight excluding hydrogens is 182 g/mol. The van der Waals surface area contributed by atoms with E-state index < -0.39 is 0 Å². The summed E-state index contributed by atoms with van der Waals surface area (Å²) in [5.41, 5.74) is 0. The largest absolute Gasteiger partial charge is 0.311 e. The molecule has 15 heavy (non-hydrogen) atoms. The standard InChI is InChI=1S/C14H29N/c1-4-12(2)11-13(3)15-14-9-7-5-6-8-10-14/h12-15H,4-11H2,1-3H3. The molecule has 0 heterocycles. The molecule has 1 saturated carbocycles. The average molecular weight is 211 g/mol. The molecule has 1 fully saturated rings. The van der Waals surface area contributed by atoms with Crippen LogP contribution in [0, 0.1) is 5.92 Å². The maximum atomic E-state index is 3.82. The van der Waals surface area contributed by atoms with Crippen molar-refractivity contribution in [3.8, 4) is 0 Å². The van der Waals surface area contributed by atoms with Gasteiger partial charge in [0, 0.05) is 12.1 Å². The molecule has 2 unspecified atom stereocenters. The minimum absolute atomic E-state index is 0.711. The van der Waals surface area contributed by atoms with Crippen LogP contribution in [-0.4, -0.2) is 12.1 Å². The van der Waals surface area contributed by atoms with Gasteiger partial charge in [0.25, 0.3) is 0 Å². The molecule has 0 spiro atoms. The first-order valence-electron chi connectivity index (χ1n) is 6.98. The van der Waals surface area contributed by atoms with Crippen LogP contribution >= 0.6 is 0 Å². The van der Waals surface area contributed by atoms with E-state index in [9.17, 15) is 0 Å². The van der Waals surface area contributed by atoms with E-state index in [0.29, 0.717) is 6.04 Å². The third-order valence-corrected chi connectivity index (χ3v) is 3.83. The van der Waals surface area contributed by atoms with Gasteiger partial charge < -0.3 is 5.32 Å². The topological polar surface area (TPSA) is 12.0 Å². The summed E-state index contributed by atoms with van der Waals surface area (Å²) in [4.78, 5) is 0. The highest BCUT2D eigenvalue weighted by atomic mass is 14.9. The van der Waals surface area contributed by atoms with Gasteiger partial charge in [-0.15, -0.1) is 0 Å². The molecule has 0 bridgehead atoms. The molecule has 0 radical (unpaired) electrons. The summed E-state index contributed by atoms with van der Waals surface area (Å²) in [6.07, 6.45) is 11.3. The zero-order chi connectivity index (χ0) is 11.1. The maximum Gasteiger partial charge on any atom is 0.00695 e. The zero-order valence-electron chi connectivity index (χ0n) is 10.9.